The average molecular weight is 379 g/mol. The Balaban J connectivity index is 0.00000192. The lowest BCUT2D eigenvalue weighted by Crippen LogP contribution is -2.26. The molecule has 0 amide bonds. The van der Waals surface area contributed by atoms with E-state index in [1.807, 2.05) is 12.1 Å². The van der Waals surface area contributed by atoms with Gasteiger partial charge in [-0.3, -0.25) is 0 Å². The van der Waals surface area contributed by atoms with Crippen molar-refractivity contribution >= 4 is 35.6 Å². The van der Waals surface area contributed by atoms with E-state index in [2.05, 4.69) is 15.5 Å². The molecular formula is C15H18Cl3N3O2. The molecule has 126 valence electrons. The maximum Gasteiger partial charge on any atom is 0.223 e. The van der Waals surface area contributed by atoms with Gasteiger partial charge in [0.2, 0.25) is 5.89 Å². The van der Waals surface area contributed by atoms with E-state index in [1.165, 1.54) is 0 Å². The van der Waals surface area contributed by atoms with Crippen molar-refractivity contribution in [1.82, 2.24) is 15.5 Å². The van der Waals surface area contributed by atoms with Gasteiger partial charge in [-0.1, -0.05) is 34.4 Å². The lowest BCUT2D eigenvalue weighted by Gasteiger charge is -2.24. The molecule has 0 unspecified atom stereocenters. The summed E-state index contributed by atoms with van der Waals surface area (Å²) in [4.78, 5) is 4.29. The number of hydrogen-bond donors (Lipinski definition) is 1. The highest BCUT2D eigenvalue weighted by atomic mass is 35.5. The van der Waals surface area contributed by atoms with Gasteiger partial charge in [0.1, 0.15) is 0 Å². The van der Waals surface area contributed by atoms with Crippen LogP contribution >= 0.6 is 35.6 Å². The predicted octanol–water partition coefficient (Wildman–Crippen LogP) is 3.63. The molecule has 1 N–H and O–H groups in total. The summed E-state index contributed by atoms with van der Waals surface area (Å²) in [6, 6.07) is 5.63. The molecular weight excluding hydrogens is 361 g/mol. The number of halogens is 3. The SMILES string of the molecule is Cc1nc(C[C@@H]2CNCCO[C@H]2c2ccc(Cl)c(Cl)c2)no1.Cl. The zero-order valence-electron chi connectivity index (χ0n) is 12.6. The van der Waals surface area contributed by atoms with Crippen LogP contribution in [0.25, 0.3) is 0 Å². The summed E-state index contributed by atoms with van der Waals surface area (Å²) in [6.45, 7) is 4.07. The maximum atomic E-state index is 6.14. The largest absolute Gasteiger partial charge is 0.372 e. The molecule has 1 saturated heterocycles. The van der Waals surface area contributed by atoms with E-state index in [9.17, 15) is 0 Å². The first-order chi connectivity index (χ1) is 10.6. The van der Waals surface area contributed by atoms with Crippen LogP contribution in [0.3, 0.4) is 0 Å². The van der Waals surface area contributed by atoms with Crippen molar-refractivity contribution in [2.75, 3.05) is 19.7 Å². The van der Waals surface area contributed by atoms with Gasteiger partial charge in [-0.25, -0.2) is 0 Å². The van der Waals surface area contributed by atoms with Gasteiger partial charge in [0, 0.05) is 32.4 Å². The van der Waals surface area contributed by atoms with Gasteiger partial charge in [0.25, 0.3) is 0 Å². The molecule has 2 heterocycles. The van der Waals surface area contributed by atoms with Gasteiger partial charge in [-0.2, -0.15) is 4.98 Å². The lowest BCUT2D eigenvalue weighted by atomic mass is 9.92. The summed E-state index contributed by atoms with van der Waals surface area (Å²) >= 11 is 12.1. The second-order valence-corrected chi connectivity index (χ2v) is 6.18. The number of nitrogens with zero attached hydrogens (tertiary/aromatic N) is 2. The minimum absolute atomic E-state index is 0. The quantitative estimate of drug-likeness (QED) is 0.884. The first-order valence-corrected chi connectivity index (χ1v) is 7.95. The van der Waals surface area contributed by atoms with E-state index >= 15 is 0 Å². The molecule has 8 heteroatoms. The minimum atomic E-state index is -0.0800. The Morgan fingerprint density at radius 1 is 1.30 bits per heavy atom. The van der Waals surface area contributed by atoms with Gasteiger partial charge in [0.15, 0.2) is 5.82 Å². The zero-order valence-corrected chi connectivity index (χ0v) is 14.9. The van der Waals surface area contributed by atoms with Crippen LogP contribution in [0.15, 0.2) is 22.7 Å². The number of aromatic nitrogens is 2. The zero-order chi connectivity index (χ0) is 15.5. The lowest BCUT2D eigenvalue weighted by molar-refractivity contribution is 0.0300. The third-order valence-electron chi connectivity index (χ3n) is 3.70. The van der Waals surface area contributed by atoms with Crippen LogP contribution < -0.4 is 5.32 Å². The first-order valence-electron chi connectivity index (χ1n) is 7.20. The van der Waals surface area contributed by atoms with Gasteiger partial charge < -0.3 is 14.6 Å². The van der Waals surface area contributed by atoms with Crippen molar-refractivity contribution in [2.24, 2.45) is 5.92 Å². The summed E-state index contributed by atoms with van der Waals surface area (Å²) in [5, 5.41) is 8.44. The van der Waals surface area contributed by atoms with Crippen molar-refractivity contribution in [3.05, 3.63) is 45.5 Å². The third-order valence-corrected chi connectivity index (χ3v) is 4.44. The minimum Gasteiger partial charge on any atom is -0.372 e. The smallest absolute Gasteiger partial charge is 0.223 e. The Hall–Kier alpha value is -0.850. The van der Waals surface area contributed by atoms with Gasteiger partial charge in [-0.15, -0.1) is 12.4 Å². The Kier molecular flexibility index (Phi) is 6.68. The molecule has 0 aliphatic carbocycles. The van der Waals surface area contributed by atoms with Crippen LogP contribution in [0.2, 0.25) is 10.0 Å². The predicted molar refractivity (Wildman–Crippen MR) is 91.5 cm³/mol. The monoisotopic (exact) mass is 377 g/mol. The topological polar surface area (TPSA) is 60.2 Å². The molecule has 1 aromatic carbocycles. The first kappa shape index (κ1) is 18.5. The van der Waals surface area contributed by atoms with Gasteiger partial charge in [-0.05, 0) is 17.7 Å². The summed E-state index contributed by atoms with van der Waals surface area (Å²) in [6.07, 6.45) is 0.596. The number of hydrogen-bond acceptors (Lipinski definition) is 5. The van der Waals surface area contributed by atoms with E-state index in [0.717, 1.165) is 18.7 Å². The molecule has 0 radical (unpaired) electrons. The molecule has 0 saturated carbocycles. The Morgan fingerprint density at radius 3 is 2.83 bits per heavy atom. The molecule has 5 nitrogen and oxygen atoms in total. The van der Waals surface area contributed by atoms with Crippen molar-refractivity contribution < 1.29 is 9.26 Å². The number of aryl methyl sites for hydroxylation is 1. The molecule has 1 aromatic heterocycles. The molecule has 1 fully saturated rings. The molecule has 1 aliphatic heterocycles. The Bertz CT molecular complexity index is 651. The van der Waals surface area contributed by atoms with E-state index in [4.69, 9.17) is 32.5 Å². The highest BCUT2D eigenvalue weighted by molar-refractivity contribution is 6.42. The second-order valence-electron chi connectivity index (χ2n) is 5.36. The van der Waals surface area contributed by atoms with Crippen LogP contribution in [-0.4, -0.2) is 29.8 Å². The molecule has 2 aromatic rings. The molecule has 1 aliphatic rings. The van der Waals surface area contributed by atoms with Crippen molar-refractivity contribution in [2.45, 2.75) is 19.4 Å². The van der Waals surface area contributed by atoms with E-state index in [1.54, 1.807) is 13.0 Å². The van der Waals surface area contributed by atoms with Gasteiger partial charge in [0.05, 0.1) is 22.8 Å². The second kappa shape index (κ2) is 8.31. The van der Waals surface area contributed by atoms with E-state index in [-0.39, 0.29) is 24.4 Å². The highest BCUT2D eigenvalue weighted by Gasteiger charge is 2.28. The molecule has 0 spiro atoms. The number of rotatable bonds is 3. The van der Waals surface area contributed by atoms with Gasteiger partial charge >= 0.3 is 0 Å². The average Bonchev–Trinajstić information content (AvgIpc) is 2.76. The van der Waals surface area contributed by atoms with Crippen LogP contribution in [0, 0.1) is 12.8 Å². The fourth-order valence-corrected chi connectivity index (χ4v) is 2.99. The fourth-order valence-electron chi connectivity index (χ4n) is 2.68. The molecule has 23 heavy (non-hydrogen) atoms. The number of nitrogens with one attached hydrogen (secondary N) is 1. The number of ether oxygens (including phenoxy) is 1. The van der Waals surface area contributed by atoms with Crippen molar-refractivity contribution in [3.63, 3.8) is 0 Å². The summed E-state index contributed by atoms with van der Waals surface area (Å²) in [7, 11) is 0. The van der Waals surface area contributed by atoms with Crippen LogP contribution in [-0.2, 0) is 11.2 Å². The standard InChI is InChI=1S/C15H17Cl2N3O2.ClH/c1-9-19-14(20-22-9)7-11-8-18-4-5-21-15(11)10-2-3-12(16)13(17)6-10;/h2-3,6,11,15,18H,4-5,7-8H2,1H3;1H/t11-,15+;/m1./s1. The Labute approximate surface area is 151 Å². The Morgan fingerprint density at radius 2 is 2.13 bits per heavy atom. The molecule has 2 atom stereocenters. The van der Waals surface area contributed by atoms with Crippen LogP contribution in [0.5, 0.6) is 0 Å². The fraction of sp³-hybridized carbons (Fsp3) is 0.467. The van der Waals surface area contributed by atoms with Crippen molar-refractivity contribution in [1.29, 1.82) is 0 Å². The summed E-state index contributed by atoms with van der Waals surface area (Å²) in [5.41, 5.74) is 1.02. The summed E-state index contributed by atoms with van der Waals surface area (Å²) in [5.74, 6) is 1.46. The summed E-state index contributed by atoms with van der Waals surface area (Å²) < 4.78 is 11.1. The molecule has 3 rings (SSSR count). The number of benzene rings is 1. The normalized spacial score (nSPS) is 21.5. The van der Waals surface area contributed by atoms with E-state index < -0.39 is 0 Å². The van der Waals surface area contributed by atoms with Crippen molar-refractivity contribution in [3.8, 4) is 0 Å². The maximum absolute atomic E-state index is 6.14. The van der Waals surface area contributed by atoms with Crippen LogP contribution in [0.1, 0.15) is 23.4 Å². The third kappa shape index (κ3) is 4.58. The van der Waals surface area contributed by atoms with E-state index in [0.29, 0.717) is 34.8 Å². The van der Waals surface area contributed by atoms with Crippen LogP contribution in [0.4, 0.5) is 0 Å². The highest BCUT2D eigenvalue weighted by Crippen LogP contribution is 2.33. The molecule has 0 bridgehead atoms.